The van der Waals surface area contributed by atoms with Crippen molar-refractivity contribution in [3.63, 3.8) is 0 Å². The fraction of sp³-hybridized carbons (Fsp3) is 0.160. The van der Waals surface area contributed by atoms with Crippen LogP contribution in [0.5, 0.6) is 5.75 Å². The van der Waals surface area contributed by atoms with Crippen LogP contribution in [-0.2, 0) is 16.1 Å². The molecule has 0 aromatic heterocycles. The molecule has 0 heterocycles. The Bertz CT molecular complexity index is 919. The molecule has 1 amide bonds. The van der Waals surface area contributed by atoms with Crippen molar-refractivity contribution >= 4 is 17.6 Å². The lowest BCUT2D eigenvalue weighted by Crippen LogP contribution is -2.28. The number of rotatable bonds is 9. The fourth-order valence-corrected chi connectivity index (χ4v) is 2.86. The lowest BCUT2D eigenvalue weighted by Gasteiger charge is -2.10. The maximum atomic E-state index is 12.8. The Balaban J connectivity index is 1.62. The van der Waals surface area contributed by atoms with Gasteiger partial charge in [-0.15, -0.1) is 0 Å². The summed E-state index contributed by atoms with van der Waals surface area (Å²) in [5.41, 5.74) is 3.52. The zero-order valence-corrected chi connectivity index (χ0v) is 16.5. The molecule has 0 unspecified atom stereocenters. The molecule has 0 saturated carbocycles. The average molecular weight is 387 g/mol. The van der Waals surface area contributed by atoms with Crippen molar-refractivity contribution in [1.29, 1.82) is 0 Å². The van der Waals surface area contributed by atoms with Crippen molar-refractivity contribution < 1.29 is 14.3 Å². The van der Waals surface area contributed by atoms with Gasteiger partial charge in [-0.05, 0) is 34.9 Å². The molecule has 0 spiro atoms. The summed E-state index contributed by atoms with van der Waals surface area (Å²) < 4.78 is 10.9. The van der Waals surface area contributed by atoms with E-state index in [9.17, 15) is 4.79 Å². The highest BCUT2D eigenvalue weighted by atomic mass is 16.5. The maximum absolute atomic E-state index is 12.8. The first-order valence-corrected chi connectivity index (χ1v) is 9.57. The first-order valence-electron chi connectivity index (χ1n) is 9.57. The first-order chi connectivity index (χ1) is 14.3. The molecule has 3 aromatic rings. The molecule has 0 aliphatic rings. The topological polar surface area (TPSA) is 47.6 Å². The second-order valence-electron chi connectivity index (χ2n) is 6.49. The van der Waals surface area contributed by atoms with Gasteiger partial charge < -0.3 is 14.8 Å². The number of carbonyl (C=O) groups is 1. The van der Waals surface area contributed by atoms with E-state index in [2.05, 4.69) is 5.32 Å². The van der Waals surface area contributed by atoms with Gasteiger partial charge >= 0.3 is 0 Å². The highest BCUT2D eigenvalue weighted by Crippen LogP contribution is 2.20. The predicted molar refractivity (Wildman–Crippen MR) is 116 cm³/mol. The Hall–Kier alpha value is -3.37. The maximum Gasteiger partial charge on any atom is 0.251 e. The molecule has 0 saturated heterocycles. The molecule has 0 atom stereocenters. The molecule has 0 radical (unpaired) electrons. The van der Waals surface area contributed by atoms with E-state index < -0.39 is 0 Å². The molecule has 3 aromatic carbocycles. The minimum atomic E-state index is -0.129. The van der Waals surface area contributed by atoms with Gasteiger partial charge in [0.1, 0.15) is 5.75 Å². The van der Waals surface area contributed by atoms with Crippen LogP contribution in [0.15, 0.2) is 84.9 Å². The fourth-order valence-electron chi connectivity index (χ4n) is 2.86. The molecule has 148 valence electrons. The van der Waals surface area contributed by atoms with E-state index in [0.29, 0.717) is 25.3 Å². The van der Waals surface area contributed by atoms with E-state index in [1.165, 1.54) is 0 Å². The lowest BCUT2D eigenvalue weighted by atomic mass is 10.0. The minimum absolute atomic E-state index is 0.129. The molecule has 1 N–H and O–H groups in total. The van der Waals surface area contributed by atoms with Crippen LogP contribution in [0.1, 0.15) is 16.7 Å². The monoisotopic (exact) mass is 387 g/mol. The number of hydrogen-bond donors (Lipinski definition) is 1. The van der Waals surface area contributed by atoms with Crippen LogP contribution in [0.4, 0.5) is 0 Å². The van der Waals surface area contributed by atoms with Crippen LogP contribution in [0.3, 0.4) is 0 Å². The van der Waals surface area contributed by atoms with Gasteiger partial charge in [-0.2, -0.15) is 0 Å². The molecule has 4 heteroatoms. The summed E-state index contributed by atoms with van der Waals surface area (Å²) in [6, 6.07) is 27.2. The van der Waals surface area contributed by atoms with Crippen LogP contribution >= 0.6 is 0 Å². The summed E-state index contributed by atoms with van der Waals surface area (Å²) in [7, 11) is 1.63. The third-order valence-electron chi connectivity index (χ3n) is 4.40. The van der Waals surface area contributed by atoms with Gasteiger partial charge in [-0.25, -0.2) is 0 Å². The number of amides is 1. The standard InChI is InChI=1S/C25H25NO3/c1-28-23-14-12-20(13-15-23)18-24(22-10-6-3-7-11-22)25(27)26-16-17-29-19-21-8-4-2-5-9-21/h2-15,18H,16-17,19H2,1H3,(H,26,27)/b24-18+. The van der Waals surface area contributed by atoms with Crippen molar-refractivity contribution in [2.45, 2.75) is 6.61 Å². The van der Waals surface area contributed by atoms with E-state index in [0.717, 1.165) is 22.4 Å². The summed E-state index contributed by atoms with van der Waals surface area (Å²) in [6.45, 7) is 1.42. The molecular formula is C25H25NO3. The Morgan fingerprint density at radius 2 is 1.55 bits per heavy atom. The molecule has 29 heavy (non-hydrogen) atoms. The minimum Gasteiger partial charge on any atom is -0.497 e. The Labute approximate surface area is 171 Å². The molecule has 3 rings (SSSR count). The van der Waals surface area contributed by atoms with Crippen LogP contribution in [0.2, 0.25) is 0 Å². The Kier molecular flexibility index (Phi) is 7.61. The van der Waals surface area contributed by atoms with Crippen molar-refractivity contribution in [3.05, 3.63) is 102 Å². The second kappa shape index (κ2) is 10.8. The van der Waals surface area contributed by atoms with Gasteiger partial charge in [-0.1, -0.05) is 72.8 Å². The van der Waals surface area contributed by atoms with E-state index in [1.54, 1.807) is 7.11 Å². The number of hydrogen-bond acceptors (Lipinski definition) is 3. The van der Waals surface area contributed by atoms with Crippen molar-refractivity contribution in [2.24, 2.45) is 0 Å². The third kappa shape index (κ3) is 6.33. The summed E-state index contributed by atoms with van der Waals surface area (Å²) in [5.74, 6) is 0.652. The van der Waals surface area contributed by atoms with Crippen molar-refractivity contribution in [3.8, 4) is 5.75 Å². The summed E-state index contributed by atoms with van der Waals surface area (Å²) in [6.07, 6.45) is 1.88. The van der Waals surface area contributed by atoms with E-state index in [1.807, 2.05) is 91.0 Å². The van der Waals surface area contributed by atoms with E-state index >= 15 is 0 Å². The summed E-state index contributed by atoms with van der Waals surface area (Å²) in [4.78, 5) is 12.8. The number of nitrogens with one attached hydrogen (secondary N) is 1. The van der Waals surface area contributed by atoms with Gasteiger partial charge in [0.05, 0.1) is 20.3 Å². The summed E-state index contributed by atoms with van der Waals surface area (Å²) in [5, 5.41) is 2.95. The van der Waals surface area contributed by atoms with E-state index in [4.69, 9.17) is 9.47 Å². The molecule has 0 aliphatic heterocycles. The first kappa shape index (κ1) is 20.4. The van der Waals surface area contributed by atoms with Crippen LogP contribution in [0.25, 0.3) is 11.6 Å². The predicted octanol–water partition coefficient (Wildman–Crippen LogP) is 4.57. The van der Waals surface area contributed by atoms with Gasteiger partial charge in [0, 0.05) is 12.1 Å². The number of benzene rings is 3. The quantitative estimate of drug-likeness (QED) is 0.332. The van der Waals surface area contributed by atoms with Gasteiger partial charge in [-0.3, -0.25) is 4.79 Å². The van der Waals surface area contributed by atoms with Crippen molar-refractivity contribution in [1.82, 2.24) is 5.32 Å². The Morgan fingerprint density at radius 1 is 0.897 bits per heavy atom. The van der Waals surface area contributed by atoms with Crippen molar-refractivity contribution in [2.75, 3.05) is 20.3 Å². The van der Waals surface area contributed by atoms with Gasteiger partial charge in [0.2, 0.25) is 0 Å². The summed E-state index contributed by atoms with van der Waals surface area (Å²) >= 11 is 0. The smallest absolute Gasteiger partial charge is 0.251 e. The number of methoxy groups -OCH3 is 1. The second-order valence-corrected chi connectivity index (χ2v) is 6.49. The van der Waals surface area contributed by atoms with Crippen LogP contribution in [-0.4, -0.2) is 26.2 Å². The average Bonchev–Trinajstić information content (AvgIpc) is 2.79. The van der Waals surface area contributed by atoms with Crippen LogP contribution in [0, 0.1) is 0 Å². The van der Waals surface area contributed by atoms with E-state index in [-0.39, 0.29) is 5.91 Å². The molecule has 4 nitrogen and oxygen atoms in total. The highest BCUT2D eigenvalue weighted by molar-refractivity contribution is 6.24. The number of carbonyl (C=O) groups excluding carboxylic acids is 1. The molecule has 0 aliphatic carbocycles. The molecular weight excluding hydrogens is 362 g/mol. The molecule has 0 fully saturated rings. The zero-order valence-electron chi connectivity index (χ0n) is 16.5. The Morgan fingerprint density at radius 3 is 2.21 bits per heavy atom. The normalized spacial score (nSPS) is 11.1. The van der Waals surface area contributed by atoms with Crippen LogP contribution < -0.4 is 10.1 Å². The SMILES string of the molecule is COc1ccc(/C=C(/C(=O)NCCOCc2ccccc2)c2ccccc2)cc1. The van der Waals surface area contributed by atoms with Gasteiger partial charge in [0.25, 0.3) is 5.91 Å². The zero-order chi connectivity index (χ0) is 20.3. The van der Waals surface area contributed by atoms with Gasteiger partial charge in [0.15, 0.2) is 0 Å². The lowest BCUT2D eigenvalue weighted by molar-refractivity contribution is -0.115. The largest absolute Gasteiger partial charge is 0.497 e. The highest BCUT2D eigenvalue weighted by Gasteiger charge is 2.11. The number of ether oxygens (including phenoxy) is 2. The molecule has 0 bridgehead atoms. The third-order valence-corrected chi connectivity index (χ3v) is 4.40.